The molecule has 4 rings (SSSR count). The summed E-state index contributed by atoms with van der Waals surface area (Å²) in [5.74, 6) is -0.0245. The molecule has 0 radical (unpaired) electrons. The minimum atomic E-state index is -4.00. The maximum Gasteiger partial charge on any atom is 0.335 e. The Hall–Kier alpha value is -3.87. The van der Waals surface area contributed by atoms with E-state index >= 15 is 0 Å². The van der Waals surface area contributed by atoms with Crippen LogP contribution in [0.4, 0.5) is 5.69 Å². The van der Waals surface area contributed by atoms with Crippen molar-refractivity contribution in [3.05, 3.63) is 96.6 Å². The quantitative estimate of drug-likeness (QED) is 0.256. The first-order chi connectivity index (χ1) is 17.6. The summed E-state index contributed by atoms with van der Waals surface area (Å²) in [4.78, 5) is 11.0. The van der Waals surface area contributed by atoms with Crippen molar-refractivity contribution in [3.63, 3.8) is 0 Å². The van der Waals surface area contributed by atoms with Gasteiger partial charge in [0.15, 0.2) is 0 Å². The maximum atomic E-state index is 12.8. The second-order valence-corrected chi connectivity index (χ2v) is 12.7. The fourth-order valence-electron chi connectivity index (χ4n) is 3.15. The molecule has 0 unspecified atom stereocenters. The zero-order valence-electron chi connectivity index (χ0n) is 19.1. The summed E-state index contributed by atoms with van der Waals surface area (Å²) >= 11 is 0.672. The van der Waals surface area contributed by atoms with Crippen LogP contribution in [0, 0.1) is 0 Å². The van der Waals surface area contributed by atoms with E-state index in [1.54, 1.807) is 42.5 Å². The smallest absolute Gasteiger partial charge is 0.335 e. The molecule has 0 atom stereocenters. The van der Waals surface area contributed by atoms with Gasteiger partial charge >= 0.3 is 5.97 Å². The number of carboxylic acid groups (broad SMARTS) is 1. The molecule has 0 spiro atoms. The third-order valence-corrected chi connectivity index (χ3v) is 10.2. The summed E-state index contributed by atoms with van der Waals surface area (Å²) in [6.07, 6.45) is 0. The minimum Gasteiger partial charge on any atom is -0.490 e. The highest BCUT2D eigenvalue weighted by Gasteiger charge is 2.24. The lowest BCUT2D eigenvalue weighted by atomic mass is 10.2. The van der Waals surface area contributed by atoms with Gasteiger partial charge in [-0.3, -0.25) is 4.72 Å². The number of ether oxygens (including phenoxy) is 2. The van der Waals surface area contributed by atoms with Crippen molar-refractivity contribution in [2.24, 2.45) is 0 Å². The summed E-state index contributed by atoms with van der Waals surface area (Å²) in [6.45, 7) is 0.424. The Morgan fingerprint density at radius 2 is 1.27 bits per heavy atom. The van der Waals surface area contributed by atoms with E-state index in [0.717, 1.165) is 0 Å². The van der Waals surface area contributed by atoms with Crippen LogP contribution in [-0.2, 0) is 19.9 Å². The predicted molar refractivity (Wildman–Crippen MR) is 138 cm³/mol. The standard InChI is InChI=1S/C25H21NO8S3/c27-25(28)18-6-10-20(11-7-18)33-16-17-34-21-12-8-19(9-13-21)26-37(31,32)24-15-14-23(35-24)36(29,30)22-4-2-1-3-5-22/h1-15,26H,16-17H2,(H,27,28). The van der Waals surface area contributed by atoms with Crippen molar-refractivity contribution >= 4 is 42.9 Å². The van der Waals surface area contributed by atoms with E-state index in [-0.39, 0.29) is 37.8 Å². The Bertz CT molecular complexity index is 1580. The minimum absolute atomic E-state index is 0.0668. The summed E-state index contributed by atoms with van der Waals surface area (Å²) in [7, 11) is -7.82. The van der Waals surface area contributed by atoms with Gasteiger partial charge in [0.05, 0.1) is 10.5 Å². The van der Waals surface area contributed by atoms with E-state index in [9.17, 15) is 21.6 Å². The van der Waals surface area contributed by atoms with Crippen LogP contribution in [0.2, 0.25) is 0 Å². The first-order valence-corrected chi connectivity index (χ1v) is 14.6. The first kappa shape index (κ1) is 26.2. The van der Waals surface area contributed by atoms with Crippen molar-refractivity contribution < 1.29 is 36.2 Å². The van der Waals surface area contributed by atoms with Gasteiger partial charge in [-0.15, -0.1) is 11.3 Å². The molecule has 9 nitrogen and oxygen atoms in total. The monoisotopic (exact) mass is 559 g/mol. The number of sulfone groups is 1. The van der Waals surface area contributed by atoms with Gasteiger partial charge in [-0.1, -0.05) is 18.2 Å². The number of aromatic carboxylic acids is 1. The summed E-state index contributed by atoms with van der Waals surface area (Å²) < 4.78 is 64.4. The average Bonchev–Trinajstić information content (AvgIpc) is 3.41. The van der Waals surface area contributed by atoms with Crippen molar-refractivity contribution in [1.82, 2.24) is 0 Å². The zero-order valence-corrected chi connectivity index (χ0v) is 21.6. The molecule has 0 amide bonds. The van der Waals surface area contributed by atoms with Gasteiger partial charge in [-0.05, 0) is 72.8 Å². The third-order valence-electron chi connectivity index (χ3n) is 4.97. The molecule has 0 bridgehead atoms. The summed E-state index contributed by atoms with van der Waals surface area (Å²) in [5, 5.41) is 8.91. The lowest BCUT2D eigenvalue weighted by Crippen LogP contribution is -2.11. The molecule has 37 heavy (non-hydrogen) atoms. The molecule has 1 aromatic heterocycles. The molecular formula is C25H21NO8S3. The van der Waals surface area contributed by atoms with E-state index in [1.807, 2.05) is 0 Å². The molecular weight excluding hydrogens is 538 g/mol. The van der Waals surface area contributed by atoms with Crippen LogP contribution >= 0.6 is 11.3 Å². The molecule has 2 N–H and O–H groups in total. The highest BCUT2D eigenvalue weighted by molar-refractivity contribution is 7.96. The lowest BCUT2D eigenvalue weighted by molar-refractivity contribution is 0.0696. The third kappa shape index (κ3) is 6.47. The predicted octanol–water partition coefficient (Wildman–Crippen LogP) is 4.54. The lowest BCUT2D eigenvalue weighted by Gasteiger charge is -2.10. The normalized spacial score (nSPS) is 11.6. The Kier molecular flexibility index (Phi) is 7.81. The SMILES string of the molecule is O=C(O)c1ccc(OCCOc2ccc(NS(=O)(=O)c3ccc(S(=O)(=O)c4ccccc4)s3)cc2)cc1. The van der Waals surface area contributed by atoms with Crippen molar-refractivity contribution in [2.75, 3.05) is 17.9 Å². The second-order valence-electron chi connectivity index (χ2n) is 7.55. The number of nitrogens with one attached hydrogen (secondary N) is 1. The van der Waals surface area contributed by atoms with E-state index in [0.29, 0.717) is 22.8 Å². The molecule has 1 heterocycles. The molecule has 0 saturated heterocycles. The fraction of sp³-hybridized carbons (Fsp3) is 0.0800. The van der Waals surface area contributed by atoms with Crippen LogP contribution in [0.25, 0.3) is 0 Å². The highest BCUT2D eigenvalue weighted by Crippen LogP contribution is 2.31. The molecule has 0 saturated carbocycles. The molecule has 3 aromatic carbocycles. The number of anilines is 1. The highest BCUT2D eigenvalue weighted by atomic mass is 32.3. The molecule has 0 aliphatic carbocycles. The second kappa shape index (κ2) is 11.0. The van der Waals surface area contributed by atoms with Gasteiger partial charge in [0.2, 0.25) is 9.84 Å². The molecule has 192 valence electrons. The molecule has 4 aromatic rings. The largest absolute Gasteiger partial charge is 0.490 e. The Balaban J connectivity index is 1.32. The van der Waals surface area contributed by atoms with Gasteiger partial charge < -0.3 is 14.6 Å². The topological polar surface area (TPSA) is 136 Å². The number of thiophene rings is 1. The number of benzene rings is 3. The van der Waals surface area contributed by atoms with Gasteiger partial charge in [0, 0.05) is 5.69 Å². The number of carboxylic acids is 1. The average molecular weight is 560 g/mol. The van der Waals surface area contributed by atoms with E-state index in [1.165, 1.54) is 48.5 Å². The molecule has 0 aliphatic heterocycles. The number of hydrogen-bond acceptors (Lipinski definition) is 8. The van der Waals surface area contributed by atoms with Gasteiger partial charge in [-0.25, -0.2) is 21.6 Å². The number of sulfonamides is 1. The van der Waals surface area contributed by atoms with Crippen LogP contribution < -0.4 is 14.2 Å². The van der Waals surface area contributed by atoms with Gasteiger partial charge in [0.25, 0.3) is 10.0 Å². The molecule has 0 fully saturated rings. The molecule has 0 aliphatic rings. The van der Waals surface area contributed by atoms with Crippen molar-refractivity contribution in [2.45, 2.75) is 13.3 Å². The van der Waals surface area contributed by atoms with Gasteiger partial charge in [-0.2, -0.15) is 0 Å². The van der Waals surface area contributed by atoms with Crippen LogP contribution in [0.1, 0.15) is 10.4 Å². The van der Waals surface area contributed by atoms with E-state index in [4.69, 9.17) is 14.6 Å². The maximum absolute atomic E-state index is 12.8. The van der Waals surface area contributed by atoms with Crippen molar-refractivity contribution in [1.29, 1.82) is 0 Å². The Labute approximate surface area is 217 Å². The summed E-state index contributed by atoms with van der Waals surface area (Å²) in [6, 6.07) is 22.5. The number of carbonyl (C=O) groups is 1. The summed E-state index contributed by atoms with van der Waals surface area (Å²) in [5.41, 5.74) is 0.444. The first-order valence-electron chi connectivity index (χ1n) is 10.8. The zero-order chi connectivity index (χ0) is 26.5. The van der Waals surface area contributed by atoms with Crippen LogP contribution in [0.15, 0.2) is 104 Å². The van der Waals surface area contributed by atoms with Crippen LogP contribution in [-0.4, -0.2) is 41.1 Å². The van der Waals surface area contributed by atoms with Crippen molar-refractivity contribution in [3.8, 4) is 11.5 Å². The van der Waals surface area contributed by atoms with E-state index < -0.39 is 25.8 Å². The number of rotatable bonds is 11. The van der Waals surface area contributed by atoms with Gasteiger partial charge in [0.1, 0.15) is 33.1 Å². The van der Waals surface area contributed by atoms with Crippen LogP contribution in [0.5, 0.6) is 11.5 Å². The Morgan fingerprint density at radius 1 is 0.730 bits per heavy atom. The molecule has 12 heteroatoms. The van der Waals surface area contributed by atoms with Crippen LogP contribution in [0.3, 0.4) is 0 Å². The Morgan fingerprint density at radius 3 is 1.84 bits per heavy atom. The van der Waals surface area contributed by atoms with E-state index in [2.05, 4.69) is 4.72 Å². The fourth-order valence-corrected chi connectivity index (χ4v) is 7.39. The number of hydrogen-bond donors (Lipinski definition) is 2.